The van der Waals surface area contributed by atoms with Crippen LogP contribution in [-0.4, -0.2) is 55.0 Å². The molecule has 1 aromatic carbocycles. The quantitative estimate of drug-likeness (QED) is 0.922. The number of aliphatic hydroxyl groups excluding tert-OH is 1. The maximum absolute atomic E-state index is 12.3. The fourth-order valence-electron chi connectivity index (χ4n) is 2.36. The Labute approximate surface area is 116 Å². The molecule has 0 bridgehead atoms. The third-order valence-corrected chi connectivity index (χ3v) is 3.55. The predicted octanol–water partition coefficient (Wildman–Crippen LogP) is 2.04. The predicted molar refractivity (Wildman–Crippen MR) is 71.9 cm³/mol. The molecule has 1 unspecified atom stereocenters. The number of hydrogen-bond acceptors (Lipinski definition) is 3. The van der Waals surface area contributed by atoms with Crippen LogP contribution in [0.2, 0.25) is 0 Å². The lowest BCUT2D eigenvalue weighted by atomic mass is 10.2. The first-order valence-corrected chi connectivity index (χ1v) is 6.65. The third kappa shape index (κ3) is 3.86. The number of nitrogens with zero attached hydrogens (tertiary/aromatic N) is 2. The number of halogens is 3. The molecular weight excluding hydrogens is 269 g/mol. The molecule has 0 aliphatic carbocycles. The van der Waals surface area contributed by atoms with Gasteiger partial charge < -0.3 is 10.0 Å². The van der Waals surface area contributed by atoms with Crippen molar-refractivity contribution in [2.75, 3.05) is 37.6 Å². The molecule has 20 heavy (non-hydrogen) atoms. The number of rotatable bonds is 3. The van der Waals surface area contributed by atoms with Crippen LogP contribution in [0.25, 0.3) is 0 Å². The van der Waals surface area contributed by atoms with Gasteiger partial charge in [-0.25, -0.2) is 0 Å². The summed E-state index contributed by atoms with van der Waals surface area (Å²) in [6.07, 6.45) is -6.79. The second-order valence-electron chi connectivity index (χ2n) is 5.18. The van der Waals surface area contributed by atoms with E-state index >= 15 is 0 Å². The van der Waals surface area contributed by atoms with Crippen LogP contribution in [0.1, 0.15) is 5.56 Å². The zero-order chi connectivity index (χ0) is 14.8. The number of piperazine rings is 1. The van der Waals surface area contributed by atoms with Gasteiger partial charge in [0.15, 0.2) is 6.10 Å². The third-order valence-electron chi connectivity index (χ3n) is 3.55. The van der Waals surface area contributed by atoms with Crippen molar-refractivity contribution in [1.29, 1.82) is 0 Å². The second kappa shape index (κ2) is 6.01. The topological polar surface area (TPSA) is 26.7 Å². The minimum atomic E-state index is -4.53. The molecule has 6 heteroatoms. The first-order valence-electron chi connectivity index (χ1n) is 6.65. The summed E-state index contributed by atoms with van der Waals surface area (Å²) in [6, 6.07) is 8.07. The number of alkyl halides is 3. The number of benzene rings is 1. The van der Waals surface area contributed by atoms with E-state index < -0.39 is 12.3 Å². The molecule has 3 nitrogen and oxygen atoms in total. The number of aliphatic hydroxyl groups is 1. The lowest BCUT2D eigenvalue weighted by Gasteiger charge is -2.37. The summed E-state index contributed by atoms with van der Waals surface area (Å²) < 4.78 is 36.9. The molecule has 0 saturated carbocycles. The van der Waals surface area contributed by atoms with Crippen molar-refractivity contribution in [3.63, 3.8) is 0 Å². The maximum Gasteiger partial charge on any atom is 0.415 e. The molecule has 1 aliphatic heterocycles. The Morgan fingerprint density at radius 1 is 1.20 bits per heavy atom. The van der Waals surface area contributed by atoms with Gasteiger partial charge in [-0.3, -0.25) is 4.90 Å². The van der Waals surface area contributed by atoms with Crippen molar-refractivity contribution in [3.05, 3.63) is 29.8 Å². The van der Waals surface area contributed by atoms with E-state index in [2.05, 4.69) is 11.0 Å². The molecule has 1 fully saturated rings. The Hall–Kier alpha value is -1.27. The van der Waals surface area contributed by atoms with Crippen LogP contribution < -0.4 is 4.90 Å². The molecule has 0 aromatic heterocycles. The normalized spacial score (nSPS) is 19.1. The van der Waals surface area contributed by atoms with Gasteiger partial charge in [-0.05, 0) is 24.6 Å². The highest BCUT2D eigenvalue weighted by Gasteiger charge is 2.39. The number of aryl methyl sites for hydroxylation is 1. The highest BCUT2D eigenvalue weighted by molar-refractivity contribution is 5.48. The van der Waals surface area contributed by atoms with E-state index in [0.29, 0.717) is 26.2 Å². The smallest absolute Gasteiger partial charge is 0.382 e. The van der Waals surface area contributed by atoms with Gasteiger partial charge in [0.25, 0.3) is 0 Å². The van der Waals surface area contributed by atoms with E-state index in [1.807, 2.05) is 25.1 Å². The average Bonchev–Trinajstić information content (AvgIpc) is 2.38. The van der Waals surface area contributed by atoms with Gasteiger partial charge >= 0.3 is 6.18 Å². The van der Waals surface area contributed by atoms with Gasteiger partial charge in [-0.2, -0.15) is 13.2 Å². The Morgan fingerprint density at radius 2 is 1.85 bits per heavy atom. The Balaban J connectivity index is 1.87. The van der Waals surface area contributed by atoms with Crippen LogP contribution in [0.4, 0.5) is 18.9 Å². The van der Waals surface area contributed by atoms with Gasteiger partial charge in [0.2, 0.25) is 0 Å². The van der Waals surface area contributed by atoms with Crippen molar-refractivity contribution in [1.82, 2.24) is 4.90 Å². The van der Waals surface area contributed by atoms with E-state index in [9.17, 15) is 13.2 Å². The van der Waals surface area contributed by atoms with Crippen molar-refractivity contribution < 1.29 is 18.3 Å². The summed E-state index contributed by atoms with van der Waals surface area (Å²) in [6.45, 7) is 4.08. The Morgan fingerprint density at radius 3 is 2.40 bits per heavy atom. The van der Waals surface area contributed by atoms with Gasteiger partial charge in [0.05, 0.1) is 0 Å². The largest absolute Gasteiger partial charge is 0.415 e. The van der Waals surface area contributed by atoms with Crippen molar-refractivity contribution in [2.45, 2.75) is 19.2 Å². The zero-order valence-corrected chi connectivity index (χ0v) is 11.4. The zero-order valence-electron chi connectivity index (χ0n) is 11.4. The van der Waals surface area contributed by atoms with Crippen molar-refractivity contribution in [2.24, 2.45) is 0 Å². The van der Waals surface area contributed by atoms with Gasteiger partial charge in [-0.1, -0.05) is 12.1 Å². The van der Waals surface area contributed by atoms with Crippen LogP contribution in [0.3, 0.4) is 0 Å². The van der Waals surface area contributed by atoms with Crippen molar-refractivity contribution >= 4 is 5.69 Å². The summed E-state index contributed by atoms with van der Waals surface area (Å²) in [4.78, 5) is 3.81. The summed E-state index contributed by atoms with van der Waals surface area (Å²) >= 11 is 0. The van der Waals surface area contributed by atoms with Crippen LogP contribution in [0, 0.1) is 6.92 Å². The van der Waals surface area contributed by atoms with E-state index in [1.165, 1.54) is 0 Å². The molecule has 0 amide bonds. The van der Waals surface area contributed by atoms with Gasteiger partial charge in [0, 0.05) is 38.4 Å². The fourth-order valence-corrected chi connectivity index (χ4v) is 2.36. The SMILES string of the molecule is Cc1cccc(N2CCN(CC(O)C(F)(F)F)CC2)c1. The van der Waals surface area contributed by atoms with E-state index in [4.69, 9.17) is 5.11 Å². The van der Waals surface area contributed by atoms with Crippen molar-refractivity contribution in [3.8, 4) is 0 Å². The lowest BCUT2D eigenvalue weighted by molar-refractivity contribution is -0.208. The molecular formula is C14H19F3N2O. The summed E-state index contributed by atoms with van der Waals surface area (Å²) in [5, 5.41) is 9.08. The average molecular weight is 288 g/mol. The molecule has 2 rings (SSSR count). The second-order valence-corrected chi connectivity index (χ2v) is 5.18. The minimum absolute atomic E-state index is 0.342. The minimum Gasteiger partial charge on any atom is -0.382 e. The standard InChI is InChI=1S/C14H19F3N2O/c1-11-3-2-4-12(9-11)19-7-5-18(6-8-19)10-13(20)14(15,16)17/h2-4,9,13,20H,5-8,10H2,1H3. The van der Waals surface area contributed by atoms with Crippen LogP contribution in [-0.2, 0) is 0 Å². The summed E-state index contributed by atoms with van der Waals surface area (Å²) in [7, 11) is 0. The van der Waals surface area contributed by atoms with E-state index in [-0.39, 0.29) is 6.54 Å². The first kappa shape index (κ1) is 15.1. The molecule has 0 radical (unpaired) electrons. The molecule has 112 valence electrons. The monoisotopic (exact) mass is 288 g/mol. The molecule has 1 heterocycles. The number of hydrogen-bond donors (Lipinski definition) is 1. The van der Waals surface area contributed by atoms with Crippen LogP contribution >= 0.6 is 0 Å². The fraction of sp³-hybridized carbons (Fsp3) is 0.571. The first-order chi connectivity index (χ1) is 9.36. The Kier molecular flexibility index (Phi) is 4.55. The molecule has 1 aliphatic rings. The molecule has 1 atom stereocenters. The van der Waals surface area contributed by atoms with E-state index in [1.54, 1.807) is 4.90 Å². The van der Waals surface area contributed by atoms with Gasteiger partial charge in [-0.15, -0.1) is 0 Å². The summed E-state index contributed by atoms with van der Waals surface area (Å²) in [5.74, 6) is 0. The molecule has 1 saturated heterocycles. The summed E-state index contributed by atoms with van der Waals surface area (Å²) in [5.41, 5.74) is 2.26. The molecule has 1 N–H and O–H groups in total. The van der Waals surface area contributed by atoms with Crippen LogP contribution in [0.15, 0.2) is 24.3 Å². The highest BCUT2D eigenvalue weighted by Crippen LogP contribution is 2.22. The van der Waals surface area contributed by atoms with Gasteiger partial charge in [0.1, 0.15) is 0 Å². The highest BCUT2D eigenvalue weighted by atomic mass is 19.4. The van der Waals surface area contributed by atoms with E-state index in [0.717, 1.165) is 11.3 Å². The molecule has 1 aromatic rings. The number of β-amino-alcohol motifs (C(OH)–C–C–N with tert-alkyl or cyclic N) is 1. The number of anilines is 1. The van der Waals surface area contributed by atoms with Crippen LogP contribution in [0.5, 0.6) is 0 Å². The Bertz CT molecular complexity index is 442. The molecule has 0 spiro atoms. The lowest BCUT2D eigenvalue weighted by Crippen LogP contribution is -2.50. The maximum atomic E-state index is 12.3.